The van der Waals surface area contributed by atoms with Crippen LogP contribution >= 0.6 is 23.2 Å². The molecule has 0 spiro atoms. The Morgan fingerprint density at radius 1 is 1.50 bits per heavy atom. The number of carbonyl (C=O) groups excluding carboxylic acids is 1. The summed E-state index contributed by atoms with van der Waals surface area (Å²) in [5, 5.41) is 0.853. The summed E-state index contributed by atoms with van der Waals surface area (Å²) in [5.74, 6) is -0.340. The molecule has 0 N–H and O–H groups in total. The molecule has 1 aromatic rings. The zero-order valence-electron chi connectivity index (χ0n) is 7.96. The molecule has 0 aromatic carbocycles. The first-order chi connectivity index (χ1) is 6.57. The van der Waals surface area contributed by atoms with Crippen LogP contribution in [0.1, 0.15) is 19.9 Å². The molecule has 0 aliphatic rings. The van der Waals surface area contributed by atoms with E-state index in [0.717, 1.165) is 0 Å². The lowest BCUT2D eigenvalue weighted by atomic mass is 10.3. The first-order valence-electron chi connectivity index (χ1n) is 4.26. The molecule has 0 bridgehead atoms. The monoisotopic (exact) mass is 235 g/mol. The first kappa shape index (κ1) is 11.4. The van der Waals surface area contributed by atoms with E-state index < -0.39 is 6.04 Å². The van der Waals surface area contributed by atoms with Crippen LogP contribution in [0, 0.1) is 0 Å². The minimum absolute atomic E-state index is 0.340. The van der Waals surface area contributed by atoms with E-state index in [-0.39, 0.29) is 5.97 Å². The first-order valence-corrected chi connectivity index (χ1v) is 5.02. The SMILES string of the molecule is CCOC(=O)C(C)n1c(Cl)ccc1Cl. The summed E-state index contributed by atoms with van der Waals surface area (Å²) in [5.41, 5.74) is 0. The number of esters is 1. The molecule has 1 heterocycles. The van der Waals surface area contributed by atoms with Gasteiger partial charge in [-0.15, -0.1) is 0 Å². The zero-order chi connectivity index (χ0) is 10.7. The number of hydrogen-bond acceptors (Lipinski definition) is 2. The molecule has 5 heteroatoms. The average molecular weight is 236 g/mol. The van der Waals surface area contributed by atoms with Crippen molar-refractivity contribution in [3.05, 3.63) is 22.4 Å². The largest absolute Gasteiger partial charge is 0.464 e. The van der Waals surface area contributed by atoms with Crippen molar-refractivity contribution < 1.29 is 9.53 Å². The lowest BCUT2D eigenvalue weighted by Gasteiger charge is -2.14. The highest BCUT2D eigenvalue weighted by molar-refractivity contribution is 6.33. The van der Waals surface area contributed by atoms with Crippen LogP contribution in [-0.2, 0) is 9.53 Å². The third-order valence-corrected chi connectivity index (χ3v) is 2.45. The summed E-state index contributed by atoms with van der Waals surface area (Å²) in [4.78, 5) is 11.4. The van der Waals surface area contributed by atoms with E-state index in [1.54, 1.807) is 26.0 Å². The van der Waals surface area contributed by atoms with Crippen LogP contribution in [0.5, 0.6) is 0 Å². The van der Waals surface area contributed by atoms with E-state index in [1.165, 1.54) is 4.57 Å². The molecule has 0 saturated heterocycles. The van der Waals surface area contributed by atoms with Crippen molar-refractivity contribution in [3.63, 3.8) is 0 Å². The molecule has 78 valence electrons. The lowest BCUT2D eigenvalue weighted by molar-refractivity contribution is -0.146. The van der Waals surface area contributed by atoms with E-state index in [9.17, 15) is 4.79 Å². The molecule has 1 unspecified atom stereocenters. The quantitative estimate of drug-likeness (QED) is 0.755. The summed E-state index contributed by atoms with van der Waals surface area (Å²) < 4.78 is 6.38. The maximum Gasteiger partial charge on any atom is 0.328 e. The predicted molar refractivity (Wildman–Crippen MR) is 55.8 cm³/mol. The van der Waals surface area contributed by atoms with Crippen LogP contribution in [0.2, 0.25) is 10.3 Å². The minimum Gasteiger partial charge on any atom is -0.464 e. The Morgan fingerprint density at radius 3 is 2.43 bits per heavy atom. The fourth-order valence-corrected chi connectivity index (χ4v) is 1.78. The van der Waals surface area contributed by atoms with Crippen LogP contribution in [-0.4, -0.2) is 17.1 Å². The Bertz CT molecular complexity index is 316. The Labute approximate surface area is 92.6 Å². The number of carbonyl (C=O) groups is 1. The maximum atomic E-state index is 11.4. The van der Waals surface area contributed by atoms with Gasteiger partial charge in [0.1, 0.15) is 16.3 Å². The summed E-state index contributed by atoms with van der Waals surface area (Å²) in [6.07, 6.45) is 0. The van der Waals surface area contributed by atoms with Crippen LogP contribution in [0.4, 0.5) is 0 Å². The van der Waals surface area contributed by atoms with E-state index in [0.29, 0.717) is 16.9 Å². The molecular formula is C9H11Cl2NO2. The maximum absolute atomic E-state index is 11.4. The van der Waals surface area contributed by atoms with Gasteiger partial charge in [0.15, 0.2) is 0 Å². The minimum atomic E-state index is -0.495. The Kier molecular flexibility index (Phi) is 3.84. The third-order valence-electron chi connectivity index (χ3n) is 1.83. The van der Waals surface area contributed by atoms with Crippen molar-refractivity contribution in [3.8, 4) is 0 Å². The molecule has 14 heavy (non-hydrogen) atoms. The molecule has 0 amide bonds. The van der Waals surface area contributed by atoms with Gasteiger partial charge in [-0.3, -0.25) is 0 Å². The summed E-state index contributed by atoms with van der Waals surface area (Å²) in [7, 11) is 0. The average Bonchev–Trinajstić information content (AvgIpc) is 2.46. The second kappa shape index (κ2) is 4.71. The summed E-state index contributed by atoms with van der Waals surface area (Å²) in [6, 6.07) is 2.78. The van der Waals surface area contributed by atoms with E-state index in [4.69, 9.17) is 27.9 Å². The van der Waals surface area contributed by atoms with Gasteiger partial charge in [-0.05, 0) is 26.0 Å². The Morgan fingerprint density at radius 2 is 2.00 bits per heavy atom. The molecule has 0 saturated carbocycles. The van der Waals surface area contributed by atoms with Crippen molar-refractivity contribution >= 4 is 29.2 Å². The highest BCUT2D eigenvalue weighted by Crippen LogP contribution is 2.25. The molecule has 0 aliphatic heterocycles. The van der Waals surface area contributed by atoms with Gasteiger partial charge in [0, 0.05) is 0 Å². The van der Waals surface area contributed by atoms with Crippen LogP contribution in [0.25, 0.3) is 0 Å². The van der Waals surface area contributed by atoms with Gasteiger partial charge >= 0.3 is 5.97 Å². The number of aromatic nitrogens is 1. The molecule has 3 nitrogen and oxygen atoms in total. The topological polar surface area (TPSA) is 31.2 Å². The molecular weight excluding hydrogens is 225 g/mol. The second-order valence-electron chi connectivity index (χ2n) is 2.78. The third kappa shape index (κ3) is 2.22. The van der Waals surface area contributed by atoms with Crippen LogP contribution in [0.3, 0.4) is 0 Å². The van der Waals surface area contributed by atoms with E-state index in [1.807, 2.05) is 0 Å². The molecule has 1 aromatic heterocycles. The van der Waals surface area contributed by atoms with Gasteiger partial charge in [0.2, 0.25) is 0 Å². The fraction of sp³-hybridized carbons (Fsp3) is 0.444. The molecule has 1 atom stereocenters. The smallest absolute Gasteiger partial charge is 0.328 e. The second-order valence-corrected chi connectivity index (χ2v) is 3.55. The normalized spacial score (nSPS) is 12.6. The number of halogens is 2. The van der Waals surface area contributed by atoms with Crippen molar-refractivity contribution in [1.29, 1.82) is 0 Å². The molecule has 0 radical (unpaired) electrons. The van der Waals surface area contributed by atoms with Crippen molar-refractivity contribution in [2.75, 3.05) is 6.61 Å². The highest BCUT2D eigenvalue weighted by atomic mass is 35.5. The number of nitrogens with zero attached hydrogens (tertiary/aromatic N) is 1. The van der Waals surface area contributed by atoms with E-state index in [2.05, 4.69) is 0 Å². The number of rotatable bonds is 3. The summed E-state index contributed by atoms with van der Waals surface area (Å²) >= 11 is 11.7. The summed E-state index contributed by atoms with van der Waals surface area (Å²) in [6.45, 7) is 3.79. The molecule has 0 fully saturated rings. The lowest BCUT2D eigenvalue weighted by Crippen LogP contribution is -2.19. The van der Waals surface area contributed by atoms with Crippen molar-refractivity contribution in [1.82, 2.24) is 4.57 Å². The number of ether oxygens (including phenoxy) is 1. The molecule has 1 rings (SSSR count). The van der Waals surface area contributed by atoms with Gasteiger partial charge in [-0.1, -0.05) is 23.2 Å². The zero-order valence-corrected chi connectivity index (χ0v) is 9.47. The number of hydrogen-bond donors (Lipinski definition) is 0. The van der Waals surface area contributed by atoms with Gasteiger partial charge in [0.25, 0.3) is 0 Å². The van der Waals surface area contributed by atoms with Crippen molar-refractivity contribution in [2.45, 2.75) is 19.9 Å². The van der Waals surface area contributed by atoms with E-state index >= 15 is 0 Å². The van der Waals surface area contributed by atoms with Crippen molar-refractivity contribution in [2.24, 2.45) is 0 Å². The van der Waals surface area contributed by atoms with Gasteiger partial charge in [-0.25, -0.2) is 4.79 Å². The standard InChI is InChI=1S/C9H11Cl2NO2/c1-3-14-9(13)6(2)12-7(10)4-5-8(12)11/h4-6H,3H2,1-2H3. The Balaban J connectivity index is 2.88. The van der Waals surface area contributed by atoms with Gasteiger partial charge in [-0.2, -0.15) is 0 Å². The molecule has 0 aliphatic carbocycles. The van der Waals surface area contributed by atoms with Crippen LogP contribution < -0.4 is 0 Å². The van der Waals surface area contributed by atoms with Gasteiger partial charge in [0.05, 0.1) is 6.61 Å². The predicted octanol–water partition coefficient (Wildman–Crippen LogP) is 2.92. The Hall–Kier alpha value is -0.670. The van der Waals surface area contributed by atoms with Gasteiger partial charge < -0.3 is 9.30 Å². The highest BCUT2D eigenvalue weighted by Gasteiger charge is 2.19. The fourth-order valence-electron chi connectivity index (χ4n) is 1.14. The van der Waals surface area contributed by atoms with Crippen LogP contribution in [0.15, 0.2) is 12.1 Å².